The molecular weight excluding hydrogens is 272 g/mol. The van der Waals surface area contributed by atoms with Gasteiger partial charge >= 0.3 is 5.69 Å². The minimum Gasteiger partial charge on any atom is -0.352 e. The Morgan fingerprint density at radius 1 is 1.58 bits per heavy atom. The number of halogens is 1. The van der Waals surface area contributed by atoms with Crippen molar-refractivity contribution in [3.8, 4) is 0 Å². The fourth-order valence-electron chi connectivity index (χ4n) is 1.50. The zero-order valence-corrected chi connectivity index (χ0v) is 11.6. The summed E-state index contributed by atoms with van der Waals surface area (Å²) < 4.78 is 0. The second kappa shape index (κ2) is 6.33. The van der Waals surface area contributed by atoms with E-state index in [9.17, 15) is 14.9 Å². The van der Waals surface area contributed by atoms with Crippen LogP contribution in [0.1, 0.15) is 13.8 Å². The van der Waals surface area contributed by atoms with Gasteiger partial charge in [-0.25, -0.2) is 4.98 Å². The van der Waals surface area contributed by atoms with Gasteiger partial charge in [0.05, 0.1) is 11.5 Å². The number of carbonyl (C=O) groups excluding carboxylic acids is 1. The van der Waals surface area contributed by atoms with Crippen molar-refractivity contribution in [2.45, 2.75) is 19.9 Å². The maximum Gasteiger partial charge on any atom is 0.311 e. The van der Waals surface area contributed by atoms with Crippen molar-refractivity contribution in [3.63, 3.8) is 0 Å². The molecule has 1 aromatic heterocycles. The van der Waals surface area contributed by atoms with Crippen LogP contribution in [-0.2, 0) is 4.79 Å². The maximum absolute atomic E-state index is 11.6. The summed E-state index contributed by atoms with van der Waals surface area (Å²) in [4.78, 5) is 27.2. The van der Waals surface area contributed by atoms with Gasteiger partial charge in [-0.15, -0.1) is 0 Å². The van der Waals surface area contributed by atoms with Crippen LogP contribution >= 0.6 is 11.6 Å². The van der Waals surface area contributed by atoms with E-state index in [2.05, 4.69) is 10.3 Å². The van der Waals surface area contributed by atoms with Crippen LogP contribution in [0, 0.1) is 10.1 Å². The molecule has 0 unspecified atom stereocenters. The number of rotatable bonds is 5. The molecular formula is C11H15ClN4O3. The van der Waals surface area contributed by atoms with Gasteiger partial charge in [-0.05, 0) is 19.9 Å². The Morgan fingerprint density at radius 2 is 2.21 bits per heavy atom. The third-order valence-electron chi connectivity index (χ3n) is 2.21. The molecule has 1 N–H and O–H groups in total. The van der Waals surface area contributed by atoms with Crippen molar-refractivity contribution >= 4 is 29.0 Å². The summed E-state index contributed by atoms with van der Waals surface area (Å²) in [7, 11) is 1.55. The number of hydrogen-bond donors (Lipinski definition) is 1. The van der Waals surface area contributed by atoms with Crippen molar-refractivity contribution in [3.05, 3.63) is 27.4 Å². The molecule has 0 saturated heterocycles. The Bertz CT molecular complexity index is 493. The van der Waals surface area contributed by atoms with Crippen LogP contribution in [0.3, 0.4) is 0 Å². The summed E-state index contributed by atoms with van der Waals surface area (Å²) in [6.45, 7) is 3.63. The van der Waals surface area contributed by atoms with E-state index in [1.54, 1.807) is 7.05 Å². The van der Waals surface area contributed by atoms with E-state index in [0.717, 1.165) is 0 Å². The summed E-state index contributed by atoms with van der Waals surface area (Å²) >= 11 is 5.73. The molecule has 1 aromatic rings. The molecule has 0 aliphatic rings. The van der Waals surface area contributed by atoms with Crippen LogP contribution in [0.25, 0.3) is 0 Å². The SMILES string of the molecule is CC(C)NC(=O)CN(C)c1nc(Cl)ccc1[N+](=O)[O-]. The van der Waals surface area contributed by atoms with E-state index in [1.807, 2.05) is 13.8 Å². The van der Waals surface area contributed by atoms with Gasteiger partial charge in [-0.1, -0.05) is 11.6 Å². The monoisotopic (exact) mass is 286 g/mol. The molecule has 0 aromatic carbocycles. The van der Waals surface area contributed by atoms with E-state index in [-0.39, 0.29) is 35.2 Å². The van der Waals surface area contributed by atoms with Crippen molar-refractivity contribution in [1.29, 1.82) is 0 Å². The average molecular weight is 287 g/mol. The van der Waals surface area contributed by atoms with Gasteiger partial charge in [0.15, 0.2) is 0 Å². The average Bonchev–Trinajstić information content (AvgIpc) is 2.26. The number of anilines is 1. The minimum atomic E-state index is -0.560. The second-order valence-electron chi connectivity index (χ2n) is 4.31. The molecule has 0 aliphatic heterocycles. The first-order valence-corrected chi connectivity index (χ1v) is 6.00. The van der Waals surface area contributed by atoms with Crippen LogP contribution in [0.4, 0.5) is 11.5 Å². The van der Waals surface area contributed by atoms with Crippen molar-refractivity contribution < 1.29 is 9.72 Å². The van der Waals surface area contributed by atoms with Crippen molar-refractivity contribution in [2.75, 3.05) is 18.5 Å². The number of amides is 1. The highest BCUT2D eigenvalue weighted by Crippen LogP contribution is 2.26. The summed E-state index contributed by atoms with van der Waals surface area (Å²) in [6.07, 6.45) is 0. The van der Waals surface area contributed by atoms with E-state index in [4.69, 9.17) is 11.6 Å². The smallest absolute Gasteiger partial charge is 0.311 e. The fraction of sp³-hybridized carbons (Fsp3) is 0.455. The predicted molar refractivity (Wildman–Crippen MR) is 72.5 cm³/mol. The highest BCUT2D eigenvalue weighted by molar-refractivity contribution is 6.29. The highest BCUT2D eigenvalue weighted by atomic mass is 35.5. The summed E-state index contributed by atoms with van der Waals surface area (Å²) in [6, 6.07) is 2.61. The molecule has 0 radical (unpaired) electrons. The van der Waals surface area contributed by atoms with Gasteiger partial charge in [-0.3, -0.25) is 14.9 Å². The number of hydrogen-bond acceptors (Lipinski definition) is 5. The first kappa shape index (κ1) is 15.2. The molecule has 8 heteroatoms. The molecule has 1 rings (SSSR count). The Hall–Kier alpha value is -1.89. The molecule has 0 bridgehead atoms. The first-order chi connectivity index (χ1) is 8.81. The van der Waals surface area contributed by atoms with Crippen molar-refractivity contribution in [2.24, 2.45) is 0 Å². The molecule has 0 fully saturated rings. The summed E-state index contributed by atoms with van der Waals surface area (Å²) in [5.41, 5.74) is -0.191. The zero-order valence-electron chi connectivity index (χ0n) is 10.9. The Morgan fingerprint density at radius 3 is 2.74 bits per heavy atom. The molecule has 0 spiro atoms. The number of aromatic nitrogens is 1. The third kappa shape index (κ3) is 4.36. The van der Waals surface area contributed by atoms with Crippen LogP contribution in [0.5, 0.6) is 0 Å². The van der Waals surface area contributed by atoms with E-state index in [1.165, 1.54) is 17.0 Å². The third-order valence-corrected chi connectivity index (χ3v) is 2.42. The molecule has 0 aliphatic carbocycles. The molecule has 104 valence electrons. The number of pyridine rings is 1. The zero-order chi connectivity index (χ0) is 14.6. The quantitative estimate of drug-likeness (QED) is 0.504. The lowest BCUT2D eigenvalue weighted by Gasteiger charge is -2.18. The number of nitro groups is 1. The molecule has 7 nitrogen and oxygen atoms in total. The van der Waals surface area contributed by atoms with Gasteiger partial charge in [0.1, 0.15) is 5.15 Å². The lowest BCUT2D eigenvalue weighted by atomic mass is 10.3. The summed E-state index contributed by atoms with van der Waals surface area (Å²) in [5, 5.41) is 13.7. The van der Waals surface area contributed by atoms with Gasteiger partial charge in [0, 0.05) is 19.2 Å². The van der Waals surface area contributed by atoms with Crippen LogP contribution in [-0.4, -0.2) is 35.4 Å². The van der Waals surface area contributed by atoms with E-state index in [0.29, 0.717) is 0 Å². The lowest BCUT2D eigenvalue weighted by molar-refractivity contribution is -0.384. The summed E-state index contributed by atoms with van der Waals surface area (Å²) in [5.74, 6) is -0.176. The number of nitrogens with one attached hydrogen (secondary N) is 1. The van der Waals surface area contributed by atoms with E-state index >= 15 is 0 Å². The molecule has 1 heterocycles. The standard InChI is InChI=1S/C11H15ClN4O3/c1-7(2)13-10(17)6-15(3)11-8(16(18)19)4-5-9(12)14-11/h4-5,7H,6H2,1-3H3,(H,13,17). The van der Waals surface area contributed by atoms with Gasteiger partial charge in [0.2, 0.25) is 11.7 Å². The van der Waals surface area contributed by atoms with Crippen LogP contribution in [0.2, 0.25) is 5.15 Å². The first-order valence-electron chi connectivity index (χ1n) is 5.62. The second-order valence-corrected chi connectivity index (χ2v) is 4.70. The Labute approximate surface area is 115 Å². The molecule has 19 heavy (non-hydrogen) atoms. The minimum absolute atomic E-state index is 0.00297. The highest BCUT2D eigenvalue weighted by Gasteiger charge is 2.21. The lowest BCUT2D eigenvalue weighted by Crippen LogP contribution is -2.39. The normalized spacial score (nSPS) is 10.4. The largest absolute Gasteiger partial charge is 0.352 e. The van der Waals surface area contributed by atoms with Crippen molar-refractivity contribution in [1.82, 2.24) is 10.3 Å². The van der Waals surface area contributed by atoms with Gasteiger partial charge in [-0.2, -0.15) is 0 Å². The molecule has 0 saturated carbocycles. The fourth-order valence-corrected chi connectivity index (χ4v) is 1.64. The molecule has 0 atom stereocenters. The van der Waals surface area contributed by atoms with E-state index < -0.39 is 4.92 Å². The number of carbonyl (C=O) groups is 1. The maximum atomic E-state index is 11.6. The molecule has 1 amide bonds. The Kier molecular flexibility index (Phi) is 5.05. The topological polar surface area (TPSA) is 88.4 Å². The van der Waals surface area contributed by atoms with Crippen LogP contribution in [0.15, 0.2) is 12.1 Å². The van der Waals surface area contributed by atoms with Crippen LogP contribution < -0.4 is 10.2 Å². The number of likely N-dealkylation sites (N-methyl/N-ethyl adjacent to an activating group) is 1. The Balaban J connectivity index is 2.92. The predicted octanol–water partition coefficient (Wildman–Crippen LogP) is 1.60. The van der Waals surface area contributed by atoms with Gasteiger partial charge in [0.25, 0.3) is 0 Å². The number of nitrogens with zero attached hydrogens (tertiary/aromatic N) is 3. The van der Waals surface area contributed by atoms with Gasteiger partial charge < -0.3 is 10.2 Å².